The molecule has 3 aromatic carbocycles. The summed E-state index contributed by atoms with van der Waals surface area (Å²) in [4.78, 5) is 9.91. The summed E-state index contributed by atoms with van der Waals surface area (Å²) in [6, 6.07) is 22.1. The van der Waals surface area contributed by atoms with Gasteiger partial charge in [-0.15, -0.1) is 11.5 Å². The Kier molecular flexibility index (Phi) is 67.3. The Bertz CT molecular complexity index is 2210. The first-order chi connectivity index (χ1) is 46.5. The molecule has 0 spiro atoms. The van der Waals surface area contributed by atoms with Crippen molar-refractivity contribution in [3.8, 4) is 11.5 Å². The van der Waals surface area contributed by atoms with Gasteiger partial charge >= 0.3 is 16.5 Å². The van der Waals surface area contributed by atoms with Gasteiger partial charge in [-0.1, -0.05) is 440 Å². The molecule has 0 heterocycles. The van der Waals surface area contributed by atoms with E-state index in [0.29, 0.717) is 5.56 Å². The molecule has 0 aliphatic heterocycles. The van der Waals surface area contributed by atoms with Crippen LogP contribution in [0, 0.1) is 0 Å². The molecule has 0 aromatic heterocycles. The van der Waals surface area contributed by atoms with Crippen molar-refractivity contribution in [2.24, 2.45) is 9.98 Å². The summed E-state index contributed by atoms with van der Waals surface area (Å²) >= 11 is 0. The first kappa shape index (κ1) is 89.3. The minimum Gasteiger partial charge on any atom is -0.873 e. The van der Waals surface area contributed by atoms with Crippen molar-refractivity contribution in [2.45, 2.75) is 413 Å². The molecule has 5 heteroatoms. The number of aryl methyl sites for hydroxylation is 1. The third-order valence-corrected chi connectivity index (χ3v) is 19.3. The van der Waals surface area contributed by atoms with Crippen LogP contribution in [-0.4, -0.2) is 11.9 Å². The molecular formula is C90H150N2NiO2. The maximum Gasteiger partial charge on any atom is 2.00 e. The second kappa shape index (κ2) is 71.6. The van der Waals surface area contributed by atoms with Gasteiger partial charge in [0.25, 0.3) is 0 Å². The molecule has 0 aliphatic carbocycles. The molecule has 0 N–H and O–H groups in total. The Morgan fingerprint density at radius 1 is 0.305 bits per heavy atom. The van der Waals surface area contributed by atoms with E-state index >= 15 is 0 Å². The number of hydrogen-bond acceptors (Lipinski definition) is 4. The minimum absolute atomic E-state index is 0. The van der Waals surface area contributed by atoms with Gasteiger partial charge in [0.1, 0.15) is 0 Å². The number of aliphatic imine (C=N–C) groups is 2. The largest absolute Gasteiger partial charge is 2.00 e. The van der Waals surface area contributed by atoms with Crippen LogP contribution < -0.4 is 10.2 Å². The van der Waals surface area contributed by atoms with E-state index in [1.165, 1.54) is 377 Å². The van der Waals surface area contributed by atoms with Gasteiger partial charge in [-0.2, -0.15) is 0 Å². The number of hydrogen-bond donors (Lipinski definition) is 0. The SMILES string of the molecule is CCCCCCC=CC(C=Nc1ccc(C=CCCCCCCCCCCCCCCCCCCCCCCCCCCC)cc1)=Nc1ccc(C=CCCCCCCCCCCCCCCCCCCCCCCCCCCC)cc1.CCCCc1cccc([O-])c1[O-].[Ni+2]. The number of rotatable bonds is 66. The normalized spacial score (nSPS) is 11.9. The first-order valence-electron chi connectivity index (χ1n) is 41.3. The molecule has 0 aliphatic rings. The summed E-state index contributed by atoms with van der Waals surface area (Å²) in [5.41, 5.74) is 5.99. The molecule has 0 bridgehead atoms. The minimum atomic E-state index is -0.386. The number of para-hydroxylation sites is 1. The number of nitrogens with zero attached hydrogens (tertiary/aromatic N) is 2. The van der Waals surface area contributed by atoms with Crippen LogP contribution in [0.4, 0.5) is 11.4 Å². The molecule has 542 valence electrons. The van der Waals surface area contributed by atoms with E-state index in [1.807, 2.05) is 6.21 Å². The number of allylic oxidation sites excluding steroid dienone is 4. The smallest absolute Gasteiger partial charge is 0.873 e. The fourth-order valence-electron chi connectivity index (χ4n) is 13.0. The van der Waals surface area contributed by atoms with Crippen molar-refractivity contribution < 1.29 is 26.7 Å². The van der Waals surface area contributed by atoms with E-state index in [2.05, 4.69) is 113 Å². The predicted molar refractivity (Wildman–Crippen MR) is 419 cm³/mol. The third-order valence-electron chi connectivity index (χ3n) is 19.3. The van der Waals surface area contributed by atoms with Gasteiger partial charge in [0.15, 0.2) is 0 Å². The summed E-state index contributed by atoms with van der Waals surface area (Å²) < 4.78 is 0. The summed E-state index contributed by atoms with van der Waals surface area (Å²) in [5, 5.41) is 22.1. The van der Waals surface area contributed by atoms with Gasteiger partial charge in [-0.05, 0) is 92.8 Å². The second-order valence-corrected chi connectivity index (χ2v) is 28.4. The maximum absolute atomic E-state index is 11.2. The second-order valence-electron chi connectivity index (χ2n) is 28.4. The Morgan fingerprint density at radius 2 is 0.579 bits per heavy atom. The summed E-state index contributed by atoms with van der Waals surface area (Å²) in [5.74, 6) is -0.713. The van der Waals surface area contributed by atoms with Crippen molar-refractivity contribution in [1.29, 1.82) is 0 Å². The molecule has 0 radical (unpaired) electrons. The molecule has 0 atom stereocenters. The average Bonchev–Trinajstić information content (AvgIpc) is 3.14. The Balaban J connectivity index is 0.00000310. The molecule has 3 aromatic rings. The van der Waals surface area contributed by atoms with Crippen LogP contribution in [0.1, 0.15) is 423 Å². The Morgan fingerprint density at radius 3 is 0.895 bits per heavy atom. The zero-order chi connectivity index (χ0) is 67.2. The van der Waals surface area contributed by atoms with Crippen molar-refractivity contribution in [2.75, 3.05) is 0 Å². The van der Waals surface area contributed by atoms with Gasteiger partial charge in [-0.25, -0.2) is 4.99 Å². The Labute approximate surface area is 600 Å². The summed E-state index contributed by atoms with van der Waals surface area (Å²) in [6.07, 6.45) is 99.1. The summed E-state index contributed by atoms with van der Waals surface area (Å²) in [7, 11) is 0. The van der Waals surface area contributed by atoms with E-state index in [4.69, 9.17) is 9.98 Å². The molecule has 0 fully saturated rings. The van der Waals surface area contributed by atoms with Gasteiger partial charge in [-0.3, -0.25) is 4.99 Å². The first-order valence-corrected chi connectivity index (χ1v) is 41.3. The van der Waals surface area contributed by atoms with Gasteiger partial charge in [0.05, 0.1) is 23.3 Å². The fourth-order valence-corrected chi connectivity index (χ4v) is 13.0. The average molecular weight is 1350 g/mol. The molecule has 3 rings (SSSR count). The van der Waals surface area contributed by atoms with Crippen LogP contribution in [0.2, 0.25) is 0 Å². The molecule has 0 saturated carbocycles. The van der Waals surface area contributed by atoms with Crippen LogP contribution in [0.3, 0.4) is 0 Å². The van der Waals surface area contributed by atoms with Crippen molar-refractivity contribution in [3.63, 3.8) is 0 Å². The molecule has 0 saturated heterocycles. The van der Waals surface area contributed by atoms with E-state index in [9.17, 15) is 10.2 Å². The van der Waals surface area contributed by atoms with Gasteiger partial charge in [0, 0.05) is 0 Å². The molecular weight excluding hydrogens is 1200 g/mol. The van der Waals surface area contributed by atoms with Crippen LogP contribution in [0.15, 0.2) is 101 Å². The van der Waals surface area contributed by atoms with Gasteiger partial charge < -0.3 is 10.2 Å². The Hall–Kier alpha value is -3.69. The van der Waals surface area contributed by atoms with Crippen LogP contribution in [0.25, 0.3) is 12.2 Å². The third kappa shape index (κ3) is 58.9. The van der Waals surface area contributed by atoms with E-state index < -0.39 is 0 Å². The topological polar surface area (TPSA) is 70.8 Å². The maximum atomic E-state index is 11.2. The number of unbranched alkanes of at least 4 members (excludes halogenated alkanes) is 55. The summed E-state index contributed by atoms with van der Waals surface area (Å²) in [6.45, 7) is 8.96. The molecule has 0 unspecified atom stereocenters. The molecule has 95 heavy (non-hydrogen) atoms. The van der Waals surface area contributed by atoms with Crippen LogP contribution in [-0.2, 0) is 22.9 Å². The van der Waals surface area contributed by atoms with E-state index in [1.54, 1.807) is 12.1 Å². The van der Waals surface area contributed by atoms with Crippen LogP contribution >= 0.6 is 0 Å². The predicted octanol–water partition coefficient (Wildman–Crippen LogP) is 30.2. The zero-order valence-corrected chi connectivity index (χ0v) is 63.8. The fraction of sp³-hybridized carbons (Fsp3) is 0.711. The zero-order valence-electron chi connectivity index (χ0n) is 62.8. The van der Waals surface area contributed by atoms with Gasteiger partial charge in [0.2, 0.25) is 0 Å². The molecule has 4 nitrogen and oxygen atoms in total. The van der Waals surface area contributed by atoms with E-state index in [-0.39, 0.29) is 28.0 Å². The van der Waals surface area contributed by atoms with Crippen molar-refractivity contribution in [3.05, 3.63) is 108 Å². The van der Waals surface area contributed by atoms with E-state index in [0.717, 1.165) is 42.8 Å². The van der Waals surface area contributed by atoms with Crippen molar-refractivity contribution in [1.82, 2.24) is 0 Å². The molecule has 0 amide bonds. The van der Waals surface area contributed by atoms with Crippen molar-refractivity contribution >= 4 is 35.5 Å². The monoisotopic (exact) mass is 1350 g/mol. The van der Waals surface area contributed by atoms with Crippen LogP contribution in [0.5, 0.6) is 11.5 Å². The number of benzene rings is 3. The quantitative estimate of drug-likeness (QED) is 0.0321. The standard InChI is InChI=1S/C80H138N2.C10H14O2.Ni/c1-4-7-10-13-16-18-20-22-24-26-28-30-32-34-36-38-40-42-44-46-48-50-52-54-56-58-61-64-76-67-71-78(72-68-76)81-75-80(66-63-60-15-12-9-6-3)82-79-73-69-77(70-74-79)65-62-59-57-55-53-51-49-47-45-43-41-39-37-35-33-31-29-27-25-23-21-19-17-14-11-8-5-2;1-2-3-5-8-6-4-7-9(11)10(8)12;/h61-75H,4-60H2,1-3H3;4,6-7,11-12H,2-3,5H2,1H3;/q;;+2/p-2.